The summed E-state index contributed by atoms with van der Waals surface area (Å²) < 4.78 is 6.69. The normalized spacial score (nSPS) is 14.0. The molecule has 0 bridgehead atoms. The van der Waals surface area contributed by atoms with Crippen molar-refractivity contribution in [2.24, 2.45) is 0 Å². The first-order valence-electron chi connectivity index (χ1n) is 11.0. The van der Waals surface area contributed by atoms with Gasteiger partial charge in [0.2, 0.25) is 0 Å². The van der Waals surface area contributed by atoms with Crippen LogP contribution in [0.5, 0.6) is 0 Å². The van der Waals surface area contributed by atoms with Crippen molar-refractivity contribution in [3.63, 3.8) is 0 Å². The van der Waals surface area contributed by atoms with Gasteiger partial charge in [0.05, 0.1) is 29.0 Å². The van der Waals surface area contributed by atoms with Gasteiger partial charge in [0, 0.05) is 29.5 Å². The number of aliphatic hydroxyl groups is 1. The average Bonchev–Trinajstić information content (AvgIpc) is 3.13. The summed E-state index contributed by atoms with van der Waals surface area (Å²) in [6, 6.07) is 11.1. The molecule has 0 saturated carbocycles. The Hall–Kier alpha value is -3.52. The molecule has 8 nitrogen and oxygen atoms in total. The molecule has 1 atom stereocenters. The molecular weight excluding hydrogens is 422 g/mol. The van der Waals surface area contributed by atoms with Crippen molar-refractivity contribution in [1.82, 2.24) is 14.9 Å². The van der Waals surface area contributed by atoms with E-state index in [1.165, 1.54) is 6.92 Å². The van der Waals surface area contributed by atoms with Crippen LogP contribution in [0.4, 0.5) is 0 Å². The molecule has 1 aromatic carbocycles. The third-order valence-corrected chi connectivity index (χ3v) is 5.95. The molecule has 2 N–H and O–H groups in total. The number of hydrogen-bond acceptors (Lipinski definition) is 6. The summed E-state index contributed by atoms with van der Waals surface area (Å²) in [5.74, 6) is -1.17. The molecule has 0 radical (unpaired) electrons. The number of fused-ring (bicyclic) bond motifs is 4. The van der Waals surface area contributed by atoms with Crippen LogP contribution in [-0.2, 0) is 33.1 Å². The van der Waals surface area contributed by atoms with Crippen LogP contribution in [0.25, 0.3) is 22.3 Å². The molecular formula is C25H27N3O5. The lowest BCUT2D eigenvalue weighted by Gasteiger charge is -2.29. The lowest BCUT2D eigenvalue weighted by Crippen LogP contribution is -2.48. The molecule has 4 rings (SSSR count). The van der Waals surface area contributed by atoms with E-state index in [-0.39, 0.29) is 30.2 Å². The fraction of sp³-hybridized carbons (Fsp3) is 0.360. The zero-order valence-electron chi connectivity index (χ0n) is 19.1. The smallest absolute Gasteiger partial charge is 0.302 e. The molecule has 33 heavy (non-hydrogen) atoms. The lowest BCUT2D eigenvalue weighted by molar-refractivity contribution is -0.142. The number of para-hydroxylation sites is 1. The Balaban J connectivity index is 1.96. The molecule has 0 fully saturated rings. The van der Waals surface area contributed by atoms with Gasteiger partial charge in [0.1, 0.15) is 6.61 Å². The molecule has 1 aliphatic rings. The predicted molar refractivity (Wildman–Crippen MR) is 123 cm³/mol. The zero-order chi connectivity index (χ0) is 23.9. The van der Waals surface area contributed by atoms with E-state index in [1.807, 2.05) is 30.3 Å². The quantitative estimate of drug-likeness (QED) is 0.438. The van der Waals surface area contributed by atoms with Crippen LogP contribution in [-0.4, -0.2) is 32.6 Å². The first kappa shape index (κ1) is 22.7. The SMILES string of the molecule is CCC(O)(C(=O)NC(C)C)c1cc2n(c(=O)c1COC(C)=O)Cc1cc3ccccc3nc1-2. The first-order chi connectivity index (χ1) is 15.7. The van der Waals surface area contributed by atoms with Gasteiger partial charge in [0.15, 0.2) is 5.60 Å². The number of benzene rings is 1. The van der Waals surface area contributed by atoms with Gasteiger partial charge < -0.3 is 19.7 Å². The van der Waals surface area contributed by atoms with E-state index in [2.05, 4.69) is 5.32 Å². The summed E-state index contributed by atoms with van der Waals surface area (Å²) in [7, 11) is 0. The van der Waals surface area contributed by atoms with Crippen molar-refractivity contribution < 1.29 is 19.4 Å². The van der Waals surface area contributed by atoms with Gasteiger partial charge in [0.25, 0.3) is 11.5 Å². The van der Waals surface area contributed by atoms with Crippen LogP contribution in [0.15, 0.2) is 41.2 Å². The number of rotatable bonds is 6. The highest BCUT2D eigenvalue weighted by molar-refractivity contribution is 5.88. The van der Waals surface area contributed by atoms with Gasteiger partial charge in [-0.1, -0.05) is 25.1 Å². The van der Waals surface area contributed by atoms with Crippen LogP contribution in [0, 0.1) is 0 Å². The average molecular weight is 450 g/mol. The van der Waals surface area contributed by atoms with Crippen molar-refractivity contribution in [2.75, 3.05) is 0 Å². The second-order valence-corrected chi connectivity index (χ2v) is 8.62. The summed E-state index contributed by atoms with van der Waals surface area (Å²) in [5, 5.41) is 15.2. The summed E-state index contributed by atoms with van der Waals surface area (Å²) >= 11 is 0. The second-order valence-electron chi connectivity index (χ2n) is 8.62. The summed E-state index contributed by atoms with van der Waals surface area (Å²) in [6.45, 7) is 6.45. The number of esters is 1. The Morgan fingerprint density at radius 2 is 2.00 bits per heavy atom. The minimum atomic E-state index is -1.98. The second kappa shape index (κ2) is 8.44. The number of ether oxygens (including phenoxy) is 1. The number of amides is 1. The molecule has 3 aromatic rings. The van der Waals surface area contributed by atoms with E-state index in [0.717, 1.165) is 16.5 Å². The molecule has 3 heterocycles. The summed E-state index contributed by atoms with van der Waals surface area (Å²) in [6.07, 6.45) is 0.0273. The zero-order valence-corrected chi connectivity index (χ0v) is 19.1. The first-order valence-corrected chi connectivity index (χ1v) is 11.0. The maximum absolute atomic E-state index is 13.6. The molecule has 172 valence electrons. The fourth-order valence-electron chi connectivity index (χ4n) is 4.25. The van der Waals surface area contributed by atoms with Crippen molar-refractivity contribution in [2.45, 2.75) is 58.9 Å². The number of nitrogens with zero attached hydrogens (tertiary/aromatic N) is 2. The van der Waals surface area contributed by atoms with Gasteiger partial charge in [-0.2, -0.15) is 0 Å². The molecule has 2 aromatic heterocycles. The predicted octanol–water partition coefficient (Wildman–Crippen LogP) is 2.61. The van der Waals surface area contributed by atoms with Crippen LogP contribution in [0.3, 0.4) is 0 Å². The van der Waals surface area contributed by atoms with Crippen molar-refractivity contribution in [3.8, 4) is 11.4 Å². The van der Waals surface area contributed by atoms with Gasteiger partial charge >= 0.3 is 5.97 Å². The Labute approximate surface area is 191 Å². The van der Waals surface area contributed by atoms with E-state index < -0.39 is 23.0 Å². The van der Waals surface area contributed by atoms with Crippen LogP contribution < -0.4 is 10.9 Å². The topological polar surface area (TPSA) is 111 Å². The monoisotopic (exact) mass is 449 g/mol. The minimum Gasteiger partial charge on any atom is -0.461 e. The number of pyridine rings is 2. The molecule has 0 saturated heterocycles. The largest absolute Gasteiger partial charge is 0.461 e. The van der Waals surface area contributed by atoms with Crippen molar-refractivity contribution in [3.05, 3.63) is 63.4 Å². The van der Waals surface area contributed by atoms with E-state index >= 15 is 0 Å². The molecule has 0 aliphatic carbocycles. The molecule has 1 unspecified atom stereocenters. The van der Waals surface area contributed by atoms with Crippen molar-refractivity contribution in [1.29, 1.82) is 0 Å². The van der Waals surface area contributed by atoms with E-state index in [0.29, 0.717) is 17.9 Å². The van der Waals surface area contributed by atoms with Gasteiger partial charge in [-0.25, -0.2) is 4.98 Å². The Kier molecular flexibility index (Phi) is 5.80. The third kappa shape index (κ3) is 3.91. The molecule has 8 heteroatoms. The van der Waals surface area contributed by atoms with Crippen LogP contribution in [0.2, 0.25) is 0 Å². The number of carbonyl (C=O) groups excluding carboxylic acids is 2. The maximum Gasteiger partial charge on any atom is 0.302 e. The summed E-state index contributed by atoms with van der Waals surface area (Å²) in [4.78, 5) is 42.9. The Morgan fingerprint density at radius 3 is 2.67 bits per heavy atom. The van der Waals surface area contributed by atoms with Gasteiger partial charge in [-0.15, -0.1) is 0 Å². The van der Waals surface area contributed by atoms with Gasteiger partial charge in [-0.3, -0.25) is 14.4 Å². The summed E-state index contributed by atoms with van der Waals surface area (Å²) in [5.41, 5.74) is 0.612. The number of nitrogens with one attached hydrogen (secondary N) is 1. The van der Waals surface area contributed by atoms with E-state index in [4.69, 9.17) is 9.72 Å². The lowest BCUT2D eigenvalue weighted by atomic mass is 9.86. The fourth-order valence-corrected chi connectivity index (χ4v) is 4.25. The molecule has 1 aliphatic heterocycles. The molecule has 0 spiro atoms. The maximum atomic E-state index is 13.6. The van der Waals surface area contributed by atoms with E-state index in [1.54, 1.807) is 31.4 Å². The Bertz CT molecular complexity index is 1330. The minimum absolute atomic E-state index is 0.0273. The van der Waals surface area contributed by atoms with Crippen molar-refractivity contribution >= 4 is 22.8 Å². The van der Waals surface area contributed by atoms with Crippen LogP contribution >= 0.6 is 0 Å². The standard InChI is InChI=1S/C25H27N3O5/c1-5-25(32,24(31)26-14(2)3)19-11-21-22-17(10-16-8-6-7-9-20(16)27-22)12-28(21)23(30)18(19)13-33-15(4)29/h6-11,14,32H,5,12-13H2,1-4H3,(H,26,31). The highest BCUT2D eigenvalue weighted by Crippen LogP contribution is 2.36. The number of hydrogen-bond donors (Lipinski definition) is 2. The number of carbonyl (C=O) groups is 2. The van der Waals surface area contributed by atoms with E-state index in [9.17, 15) is 19.5 Å². The molecule has 1 amide bonds. The van der Waals surface area contributed by atoms with Crippen LogP contribution in [0.1, 0.15) is 50.8 Å². The Morgan fingerprint density at radius 1 is 1.27 bits per heavy atom. The van der Waals surface area contributed by atoms with Gasteiger partial charge in [-0.05, 0) is 38.5 Å². The third-order valence-electron chi connectivity index (χ3n) is 5.95. The number of aromatic nitrogens is 2. The highest BCUT2D eigenvalue weighted by atomic mass is 16.5. The highest BCUT2D eigenvalue weighted by Gasteiger charge is 2.41.